The van der Waals surface area contributed by atoms with Crippen molar-refractivity contribution in [2.75, 3.05) is 6.61 Å². The largest absolute Gasteiger partial charge is 0.461 e. The second kappa shape index (κ2) is 5.77. The quantitative estimate of drug-likeness (QED) is 0.821. The highest BCUT2D eigenvalue weighted by molar-refractivity contribution is 5.97. The summed E-state index contributed by atoms with van der Waals surface area (Å²) in [6, 6.07) is 7.20. The molecule has 1 atom stereocenters. The van der Waals surface area contributed by atoms with Gasteiger partial charge in [-0.1, -0.05) is 29.8 Å². The lowest BCUT2D eigenvalue weighted by molar-refractivity contribution is -0.140. The van der Waals surface area contributed by atoms with Gasteiger partial charge in [0, 0.05) is 5.70 Å². The monoisotopic (exact) mass is 274 g/mol. The van der Waals surface area contributed by atoms with Crippen LogP contribution in [0.4, 0.5) is 0 Å². The molecule has 1 unspecified atom stereocenters. The van der Waals surface area contributed by atoms with Crippen LogP contribution in [0.5, 0.6) is 0 Å². The van der Waals surface area contributed by atoms with Crippen molar-refractivity contribution in [1.29, 1.82) is 0 Å². The first-order chi connectivity index (χ1) is 9.52. The number of ether oxygens (including phenoxy) is 1. The highest BCUT2D eigenvalue weighted by Crippen LogP contribution is 2.20. The molecule has 20 heavy (non-hydrogen) atoms. The number of allylic oxidation sites excluding steroid dienone is 1. The number of nitrogens with one attached hydrogen (secondary N) is 2. The van der Waals surface area contributed by atoms with Crippen LogP contribution in [0.3, 0.4) is 0 Å². The fraction of sp³-hybridized carbons (Fsp3) is 0.333. The number of aryl methyl sites for hydroxylation is 1. The number of benzene rings is 1. The Labute approximate surface area is 118 Å². The van der Waals surface area contributed by atoms with Gasteiger partial charge in [0.1, 0.15) is 11.7 Å². The summed E-state index contributed by atoms with van der Waals surface area (Å²) in [5.41, 5.74) is 2.77. The number of amides is 1. The SMILES string of the molecule is CCOC(=O)C1=C(C)NC(c2ccc(C)cc2)C(=O)N1. The summed E-state index contributed by atoms with van der Waals surface area (Å²) in [5.74, 6) is -0.782. The van der Waals surface area contributed by atoms with Crippen LogP contribution in [0, 0.1) is 6.92 Å². The van der Waals surface area contributed by atoms with Crippen LogP contribution >= 0.6 is 0 Å². The topological polar surface area (TPSA) is 67.4 Å². The summed E-state index contributed by atoms with van der Waals surface area (Å²) in [4.78, 5) is 23.8. The Hall–Kier alpha value is -2.30. The Morgan fingerprint density at radius 3 is 2.50 bits per heavy atom. The molecule has 2 N–H and O–H groups in total. The highest BCUT2D eigenvalue weighted by Gasteiger charge is 2.30. The van der Waals surface area contributed by atoms with Crippen LogP contribution in [0.15, 0.2) is 35.7 Å². The average Bonchev–Trinajstić information content (AvgIpc) is 2.42. The third-order valence-corrected chi connectivity index (χ3v) is 3.14. The Morgan fingerprint density at radius 2 is 1.90 bits per heavy atom. The predicted octanol–water partition coefficient (Wildman–Crippen LogP) is 1.55. The number of carbonyl (C=O) groups is 2. The molecule has 0 saturated heterocycles. The summed E-state index contributed by atoms with van der Waals surface area (Å²) in [5, 5.41) is 5.68. The smallest absolute Gasteiger partial charge is 0.356 e. The molecule has 0 fully saturated rings. The summed E-state index contributed by atoms with van der Waals surface area (Å²) in [6.45, 7) is 5.73. The van der Waals surface area contributed by atoms with E-state index in [1.807, 2.05) is 31.2 Å². The van der Waals surface area contributed by atoms with E-state index in [2.05, 4.69) is 10.6 Å². The van der Waals surface area contributed by atoms with Gasteiger partial charge < -0.3 is 15.4 Å². The van der Waals surface area contributed by atoms with Crippen molar-refractivity contribution in [2.45, 2.75) is 26.8 Å². The Bertz CT molecular complexity index is 561. The highest BCUT2D eigenvalue weighted by atomic mass is 16.5. The molecule has 0 bridgehead atoms. The van der Waals surface area contributed by atoms with Crippen molar-refractivity contribution in [2.24, 2.45) is 0 Å². The Kier molecular flexibility index (Phi) is 4.08. The number of esters is 1. The molecule has 1 aromatic rings. The summed E-state index contributed by atoms with van der Waals surface area (Å²) in [7, 11) is 0. The van der Waals surface area contributed by atoms with E-state index in [4.69, 9.17) is 4.74 Å². The Balaban J connectivity index is 2.23. The standard InChI is InChI=1S/C15H18N2O3/c1-4-20-15(19)12-10(3)16-13(14(18)17-12)11-7-5-9(2)6-8-11/h5-8,13,16H,4H2,1-3H3,(H,17,18). The molecule has 5 nitrogen and oxygen atoms in total. The zero-order chi connectivity index (χ0) is 14.7. The van der Waals surface area contributed by atoms with Crippen molar-refractivity contribution >= 4 is 11.9 Å². The molecule has 1 aromatic carbocycles. The van der Waals surface area contributed by atoms with E-state index in [-0.39, 0.29) is 18.2 Å². The minimum Gasteiger partial charge on any atom is -0.461 e. The van der Waals surface area contributed by atoms with Gasteiger partial charge in [-0.3, -0.25) is 4.79 Å². The van der Waals surface area contributed by atoms with Gasteiger partial charge in [-0.25, -0.2) is 4.79 Å². The molecule has 1 amide bonds. The first-order valence-electron chi connectivity index (χ1n) is 6.55. The first-order valence-corrected chi connectivity index (χ1v) is 6.55. The third kappa shape index (κ3) is 2.82. The number of rotatable bonds is 3. The zero-order valence-electron chi connectivity index (χ0n) is 11.8. The van der Waals surface area contributed by atoms with Crippen LogP contribution in [-0.2, 0) is 14.3 Å². The van der Waals surface area contributed by atoms with E-state index in [1.165, 1.54) is 0 Å². The zero-order valence-corrected chi connectivity index (χ0v) is 11.8. The molecule has 5 heteroatoms. The van der Waals surface area contributed by atoms with Crippen molar-refractivity contribution < 1.29 is 14.3 Å². The maximum atomic E-state index is 12.1. The minimum absolute atomic E-state index is 0.181. The third-order valence-electron chi connectivity index (χ3n) is 3.14. The van der Waals surface area contributed by atoms with Gasteiger partial charge in [0.2, 0.25) is 0 Å². The molecule has 106 valence electrons. The van der Waals surface area contributed by atoms with Crippen LogP contribution < -0.4 is 10.6 Å². The van der Waals surface area contributed by atoms with E-state index in [0.29, 0.717) is 5.70 Å². The molecule has 0 radical (unpaired) electrons. The maximum absolute atomic E-state index is 12.1. The molecule has 0 spiro atoms. The van der Waals surface area contributed by atoms with Crippen molar-refractivity contribution in [3.8, 4) is 0 Å². The fourth-order valence-corrected chi connectivity index (χ4v) is 2.04. The van der Waals surface area contributed by atoms with E-state index in [9.17, 15) is 9.59 Å². The van der Waals surface area contributed by atoms with Gasteiger partial charge in [-0.15, -0.1) is 0 Å². The van der Waals surface area contributed by atoms with E-state index in [0.717, 1.165) is 11.1 Å². The molecule has 1 aliphatic heterocycles. The lowest BCUT2D eigenvalue weighted by Crippen LogP contribution is -2.45. The van der Waals surface area contributed by atoms with Crippen LogP contribution in [0.2, 0.25) is 0 Å². The van der Waals surface area contributed by atoms with E-state index < -0.39 is 12.0 Å². The molecular weight excluding hydrogens is 256 g/mol. The normalized spacial score (nSPS) is 18.4. The van der Waals surface area contributed by atoms with Gasteiger partial charge >= 0.3 is 5.97 Å². The average molecular weight is 274 g/mol. The molecule has 1 aliphatic rings. The molecule has 2 rings (SSSR count). The summed E-state index contributed by atoms with van der Waals surface area (Å²) in [6.07, 6.45) is 0. The number of carbonyl (C=O) groups excluding carboxylic acids is 2. The summed E-state index contributed by atoms with van der Waals surface area (Å²) < 4.78 is 4.91. The van der Waals surface area contributed by atoms with Crippen LogP contribution in [0.1, 0.15) is 31.0 Å². The lowest BCUT2D eigenvalue weighted by atomic mass is 10.0. The van der Waals surface area contributed by atoms with Crippen molar-refractivity contribution in [3.05, 3.63) is 46.8 Å². The second-order valence-electron chi connectivity index (χ2n) is 4.70. The lowest BCUT2D eigenvalue weighted by Gasteiger charge is -2.27. The molecular formula is C15H18N2O3. The van der Waals surface area contributed by atoms with Crippen molar-refractivity contribution in [1.82, 2.24) is 10.6 Å². The van der Waals surface area contributed by atoms with Gasteiger partial charge in [0.25, 0.3) is 5.91 Å². The predicted molar refractivity (Wildman–Crippen MR) is 74.5 cm³/mol. The number of hydrogen-bond acceptors (Lipinski definition) is 4. The van der Waals surface area contributed by atoms with Crippen LogP contribution in [0.25, 0.3) is 0 Å². The first kappa shape index (κ1) is 14.1. The molecule has 1 heterocycles. The van der Waals surface area contributed by atoms with Gasteiger partial charge in [0.05, 0.1) is 6.61 Å². The van der Waals surface area contributed by atoms with Crippen molar-refractivity contribution in [3.63, 3.8) is 0 Å². The molecule has 0 aromatic heterocycles. The molecule has 0 saturated carbocycles. The molecule has 0 aliphatic carbocycles. The minimum atomic E-state index is -0.520. The van der Waals surface area contributed by atoms with E-state index in [1.54, 1.807) is 13.8 Å². The fourth-order valence-electron chi connectivity index (χ4n) is 2.04. The number of hydrogen-bond donors (Lipinski definition) is 2. The van der Waals surface area contributed by atoms with Gasteiger partial charge in [0.15, 0.2) is 0 Å². The van der Waals surface area contributed by atoms with Gasteiger partial charge in [-0.05, 0) is 26.3 Å². The summed E-state index contributed by atoms with van der Waals surface area (Å²) >= 11 is 0. The van der Waals surface area contributed by atoms with E-state index >= 15 is 0 Å². The van der Waals surface area contributed by atoms with Crippen LogP contribution in [-0.4, -0.2) is 18.5 Å². The Morgan fingerprint density at radius 1 is 1.25 bits per heavy atom. The second-order valence-corrected chi connectivity index (χ2v) is 4.70. The van der Waals surface area contributed by atoms with Gasteiger partial charge in [-0.2, -0.15) is 0 Å². The maximum Gasteiger partial charge on any atom is 0.356 e.